The molecular weight excluding hydrogens is 283 g/mol. The lowest BCUT2D eigenvalue weighted by Gasteiger charge is -2.23. The molecule has 0 amide bonds. The molecule has 0 saturated carbocycles. The van der Waals surface area contributed by atoms with Crippen LogP contribution in [-0.2, 0) is 10.0 Å². The van der Waals surface area contributed by atoms with Gasteiger partial charge in [-0.2, -0.15) is 5.26 Å². The summed E-state index contributed by atoms with van der Waals surface area (Å²) in [4.78, 5) is -0.490. The molecule has 0 saturated heterocycles. The standard InChI is InChI=1S/C13H17FN2O3S/c1-13(2,5-6-17)9-16-20(18,19)12-4-3-10(8-15)7-11(12)14/h3-4,7,16-17H,5-6,9H2,1-2H3. The molecule has 1 rings (SSSR count). The van der Waals surface area contributed by atoms with Gasteiger partial charge in [-0.25, -0.2) is 17.5 Å². The Morgan fingerprint density at radius 2 is 2.10 bits per heavy atom. The molecule has 1 aromatic carbocycles. The molecule has 110 valence electrons. The van der Waals surface area contributed by atoms with Gasteiger partial charge in [0.1, 0.15) is 10.7 Å². The number of nitrogens with zero attached hydrogens (tertiary/aromatic N) is 1. The first-order valence-corrected chi connectivity index (χ1v) is 7.50. The van der Waals surface area contributed by atoms with Gasteiger partial charge in [-0.05, 0) is 30.0 Å². The average molecular weight is 300 g/mol. The Balaban J connectivity index is 2.93. The Hall–Kier alpha value is -1.49. The maximum absolute atomic E-state index is 13.7. The summed E-state index contributed by atoms with van der Waals surface area (Å²) in [5, 5.41) is 17.5. The fraction of sp³-hybridized carbons (Fsp3) is 0.462. The van der Waals surface area contributed by atoms with Crippen LogP contribution in [0.5, 0.6) is 0 Å². The van der Waals surface area contributed by atoms with E-state index in [1.165, 1.54) is 6.07 Å². The highest BCUT2D eigenvalue weighted by molar-refractivity contribution is 7.89. The molecule has 5 nitrogen and oxygen atoms in total. The monoisotopic (exact) mass is 300 g/mol. The van der Waals surface area contributed by atoms with E-state index in [4.69, 9.17) is 10.4 Å². The number of aliphatic hydroxyl groups excluding tert-OH is 1. The number of nitrogens with one attached hydrogen (secondary N) is 1. The lowest BCUT2D eigenvalue weighted by molar-refractivity contribution is 0.213. The zero-order chi connectivity index (χ0) is 15.4. The van der Waals surface area contributed by atoms with Gasteiger partial charge in [-0.1, -0.05) is 13.8 Å². The largest absolute Gasteiger partial charge is 0.396 e. The normalized spacial score (nSPS) is 12.2. The minimum Gasteiger partial charge on any atom is -0.396 e. The van der Waals surface area contributed by atoms with Crippen molar-refractivity contribution in [2.45, 2.75) is 25.2 Å². The molecule has 0 bridgehead atoms. The topological polar surface area (TPSA) is 90.2 Å². The SMILES string of the molecule is CC(C)(CCO)CNS(=O)(=O)c1ccc(C#N)cc1F. The van der Waals surface area contributed by atoms with E-state index in [1.807, 2.05) is 0 Å². The van der Waals surface area contributed by atoms with Gasteiger partial charge in [-0.15, -0.1) is 0 Å². The second-order valence-electron chi connectivity index (χ2n) is 5.22. The number of hydrogen-bond acceptors (Lipinski definition) is 4. The van der Waals surface area contributed by atoms with Crippen LogP contribution in [0.15, 0.2) is 23.1 Å². The Bertz CT molecular complexity index is 621. The Morgan fingerprint density at radius 3 is 2.60 bits per heavy atom. The lowest BCUT2D eigenvalue weighted by atomic mass is 9.90. The number of sulfonamides is 1. The van der Waals surface area contributed by atoms with Gasteiger partial charge in [-0.3, -0.25) is 0 Å². The van der Waals surface area contributed by atoms with Crippen LogP contribution < -0.4 is 4.72 Å². The van der Waals surface area contributed by atoms with Crippen molar-refractivity contribution in [3.05, 3.63) is 29.6 Å². The minimum atomic E-state index is -3.98. The van der Waals surface area contributed by atoms with E-state index in [0.717, 1.165) is 12.1 Å². The van der Waals surface area contributed by atoms with Gasteiger partial charge in [0.2, 0.25) is 10.0 Å². The van der Waals surface area contributed by atoms with Crippen molar-refractivity contribution in [1.29, 1.82) is 5.26 Å². The first kappa shape index (κ1) is 16.6. The van der Waals surface area contributed by atoms with Gasteiger partial charge < -0.3 is 5.11 Å². The van der Waals surface area contributed by atoms with Gasteiger partial charge in [0, 0.05) is 13.2 Å². The van der Waals surface area contributed by atoms with Crippen LogP contribution in [0.25, 0.3) is 0 Å². The Morgan fingerprint density at radius 1 is 1.45 bits per heavy atom. The van der Waals surface area contributed by atoms with Crippen molar-refractivity contribution in [1.82, 2.24) is 4.72 Å². The fourth-order valence-corrected chi connectivity index (χ4v) is 2.85. The molecule has 2 N–H and O–H groups in total. The van der Waals surface area contributed by atoms with Crippen LogP contribution in [0.3, 0.4) is 0 Å². The highest BCUT2D eigenvalue weighted by Crippen LogP contribution is 2.21. The molecule has 0 heterocycles. The summed E-state index contributed by atoms with van der Waals surface area (Å²) in [6.07, 6.45) is 0.422. The fourth-order valence-electron chi connectivity index (χ4n) is 1.55. The average Bonchev–Trinajstić information content (AvgIpc) is 2.36. The molecule has 0 fully saturated rings. The quantitative estimate of drug-likeness (QED) is 0.830. The summed E-state index contributed by atoms with van der Waals surface area (Å²) in [5.74, 6) is -0.962. The van der Waals surface area contributed by atoms with E-state index in [2.05, 4.69) is 4.72 Å². The molecule has 0 unspecified atom stereocenters. The first-order valence-electron chi connectivity index (χ1n) is 6.02. The highest BCUT2D eigenvalue weighted by Gasteiger charge is 2.24. The zero-order valence-electron chi connectivity index (χ0n) is 11.4. The summed E-state index contributed by atoms with van der Waals surface area (Å²) in [5.41, 5.74) is -0.382. The third-order valence-corrected chi connectivity index (χ3v) is 4.31. The smallest absolute Gasteiger partial charge is 0.243 e. The predicted molar refractivity (Wildman–Crippen MR) is 71.8 cm³/mol. The minimum absolute atomic E-state index is 0.0556. The summed E-state index contributed by atoms with van der Waals surface area (Å²) in [7, 11) is -3.98. The van der Waals surface area contributed by atoms with Crippen LogP contribution >= 0.6 is 0 Å². The number of rotatable bonds is 6. The number of nitriles is 1. The van der Waals surface area contributed by atoms with Crippen molar-refractivity contribution in [2.75, 3.05) is 13.2 Å². The zero-order valence-corrected chi connectivity index (χ0v) is 12.2. The Kier molecular flexibility index (Phi) is 5.22. The molecule has 1 aromatic rings. The van der Waals surface area contributed by atoms with Gasteiger partial charge in [0.05, 0.1) is 11.6 Å². The van der Waals surface area contributed by atoms with Gasteiger partial charge in [0.15, 0.2) is 0 Å². The number of aliphatic hydroxyl groups is 1. The van der Waals surface area contributed by atoms with Crippen molar-refractivity contribution in [2.24, 2.45) is 5.41 Å². The molecular formula is C13H17FN2O3S. The van der Waals surface area contributed by atoms with E-state index < -0.39 is 26.2 Å². The number of benzene rings is 1. The Labute approximate surface area is 118 Å². The molecule has 0 aromatic heterocycles. The van der Waals surface area contributed by atoms with Crippen LogP contribution in [0.4, 0.5) is 4.39 Å². The van der Waals surface area contributed by atoms with E-state index in [1.54, 1.807) is 19.9 Å². The van der Waals surface area contributed by atoms with E-state index in [9.17, 15) is 12.8 Å². The van der Waals surface area contributed by atoms with Crippen molar-refractivity contribution in [3.63, 3.8) is 0 Å². The van der Waals surface area contributed by atoms with Crippen LogP contribution in [0.1, 0.15) is 25.8 Å². The summed E-state index contributed by atoms with van der Waals surface area (Å²) in [6, 6.07) is 4.93. The van der Waals surface area contributed by atoms with Crippen LogP contribution in [0, 0.1) is 22.6 Å². The van der Waals surface area contributed by atoms with Crippen molar-refractivity contribution >= 4 is 10.0 Å². The molecule has 0 aliphatic heterocycles. The molecule has 0 radical (unpaired) electrons. The van der Waals surface area contributed by atoms with Crippen molar-refractivity contribution in [3.8, 4) is 6.07 Å². The predicted octanol–water partition coefficient (Wildman–Crippen LogP) is 1.38. The summed E-state index contributed by atoms with van der Waals surface area (Å²) >= 11 is 0. The third-order valence-electron chi connectivity index (χ3n) is 2.88. The molecule has 0 atom stereocenters. The summed E-state index contributed by atoms with van der Waals surface area (Å²) < 4.78 is 40.0. The molecule has 0 aliphatic rings. The van der Waals surface area contributed by atoms with E-state index >= 15 is 0 Å². The number of halogens is 1. The maximum atomic E-state index is 13.7. The second-order valence-corrected chi connectivity index (χ2v) is 6.95. The van der Waals surface area contributed by atoms with Gasteiger partial charge >= 0.3 is 0 Å². The lowest BCUT2D eigenvalue weighted by Crippen LogP contribution is -2.35. The molecule has 0 spiro atoms. The van der Waals surface area contributed by atoms with Crippen LogP contribution in [0.2, 0.25) is 0 Å². The van der Waals surface area contributed by atoms with Crippen LogP contribution in [-0.4, -0.2) is 26.7 Å². The van der Waals surface area contributed by atoms with Crippen molar-refractivity contribution < 1.29 is 17.9 Å². The first-order chi connectivity index (χ1) is 9.22. The molecule has 20 heavy (non-hydrogen) atoms. The summed E-state index contributed by atoms with van der Waals surface area (Å²) in [6.45, 7) is 3.61. The molecule has 7 heteroatoms. The highest BCUT2D eigenvalue weighted by atomic mass is 32.2. The third kappa shape index (κ3) is 4.27. The maximum Gasteiger partial charge on any atom is 0.243 e. The van der Waals surface area contributed by atoms with Gasteiger partial charge in [0.25, 0.3) is 0 Å². The van der Waals surface area contributed by atoms with E-state index in [0.29, 0.717) is 6.42 Å². The van der Waals surface area contributed by atoms with E-state index in [-0.39, 0.29) is 18.7 Å². The second kappa shape index (κ2) is 6.31. The number of hydrogen-bond donors (Lipinski definition) is 2. The molecule has 0 aliphatic carbocycles.